The molecule has 1 aromatic rings. The van der Waals surface area contributed by atoms with E-state index in [1.54, 1.807) is 16.7 Å². The molecule has 0 aromatic heterocycles. The summed E-state index contributed by atoms with van der Waals surface area (Å²) >= 11 is 1.76. The molecule has 2 rings (SSSR count). The molecule has 1 unspecified atom stereocenters. The Bertz CT molecular complexity index is 533. The first kappa shape index (κ1) is 16.0. The van der Waals surface area contributed by atoms with Crippen LogP contribution < -0.4 is 5.32 Å². The molecule has 1 saturated heterocycles. The Morgan fingerprint density at radius 3 is 2.71 bits per heavy atom. The molecule has 1 aliphatic rings. The van der Waals surface area contributed by atoms with Crippen molar-refractivity contribution in [3.05, 3.63) is 29.3 Å². The number of nitrogens with zero attached hydrogens (tertiary/aromatic N) is 1. The molecule has 0 spiro atoms. The van der Waals surface area contributed by atoms with Gasteiger partial charge in [-0.1, -0.05) is 6.92 Å². The number of halogens is 3. The van der Waals surface area contributed by atoms with Gasteiger partial charge in [-0.15, -0.1) is 0 Å². The van der Waals surface area contributed by atoms with Gasteiger partial charge in [0.05, 0.1) is 5.56 Å². The van der Waals surface area contributed by atoms with Crippen LogP contribution in [0.25, 0.3) is 0 Å². The van der Waals surface area contributed by atoms with Crippen molar-refractivity contribution in [3.8, 4) is 0 Å². The van der Waals surface area contributed by atoms with E-state index in [1.165, 1.54) is 19.2 Å². The average molecular weight is 318 g/mol. The van der Waals surface area contributed by atoms with Crippen LogP contribution in [0.5, 0.6) is 0 Å². The molecule has 21 heavy (non-hydrogen) atoms. The van der Waals surface area contributed by atoms with Crippen LogP contribution in [0.3, 0.4) is 0 Å². The summed E-state index contributed by atoms with van der Waals surface area (Å²) in [6.45, 7) is 3.15. The Balaban J connectivity index is 2.29. The summed E-state index contributed by atoms with van der Waals surface area (Å²) in [6.07, 6.45) is -4.49. The van der Waals surface area contributed by atoms with Crippen LogP contribution in [-0.2, 0) is 6.18 Å². The summed E-state index contributed by atoms with van der Waals surface area (Å²) in [5.74, 6) is 0.475. The second-order valence-electron chi connectivity index (χ2n) is 4.94. The lowest BCUT2D eigenvalue weighted by Crippen LogP contribution is -2.41. The third kappa shape index (κ3) is 3.64. The van der Waals surface area contributed by atoms with Gasteiger partial charge < -0.3 is 10.2 Å². The molecule has 7 heteroatoms. The van der Waals surface area contributed by atoms with E-state index in [1.807, 2.05) is 6.92 Å². The van der Waals surface area contributed by atoms with Gasteiger partial charge in [0.15, 0.2) is 0 Å². The smallest absolute Gasteiger partial charge is 0.388 e. The van der Waals surface area contributed by atoms with E-state index >= 15 is 0 Å². The number of thioether (sulfide) groups is 1. The molecule has 1 aliphatic heterocycles. The van der Waals surface area contributed by atoms with Gasteiger partial charge in [0, 0.05) is 42.4 Å². The number of anilines is 1. The van der Waals surface area contributed by atoms with Crippen molar-refractivity contribution in [2.24, 2.45) is 0 Å². The lowest BCUT2D eigenvalue weighted by atomic mass is 10.1. The molecular weight excluding hydrogens is 301 g/mol. The minimum atomic E-state index is -4.49. The fourth-order valence-electron chi connectivity index (χ4n) is 2.32. The van der Waals surface area contributed by atoms with Crippen LogP contribution >= 0.6 is 11.8 Å². The van der Waals surface area contributed by atoms with Crippen LogP contribution in [0.1, 0.15) is 22.8 Å². The first-order chi connectivity index (χ1) is 9.82. The zero-order valence-electron chi connectivity index (χ0n) is 11.8. The Morgan fingerprint density at radius 1 is 1.43 bits per heavy atom. The molecule has 1 amide bonds. The van der Waals surface area contributed by atoms with Gasteiger partial charge in [0.1, 0.15) is 0 Å². The molecule has 3 nitrogen and oxygen atoms in total. The maximum atomic E-state index is 13.0. The molecule has 1 N–H and O–H groups in total. The minimum Gasteiger partial charge on any atom is -0.388 e. The van der Waals surface area contributed by atoms with Gasteiger partial charge in [-0.05, 0) is 18.2 Å². The predicted molar refractivity (Wildman–Crippen MR) is 78.8 cm³/mol. The average Bonchev–Trinajstić information content (AvgIpc) is 2.45. The number of hydrogen-bond acceptors (Lipinski definition) is 3. The fraction of sp³-hybridized carbons (Fsp3) is 0.500. The van der Waals surface area contributed by atoms with Crippen molar-refractivity contribution < 1.29 is 18.0 Å². The summed E-state index contributed by atoms with van der Waals surface area (Å²) in [7, 11) is 1.43. The SMILES string of the molecule is CNc1ccc(C(=O)N2CCSC(C)C2)cc1C(F)(F)F. The molecule has 1 aromatic carbocycles. The molecule has 1 atom stereocenters. The third-order valence-corrected chi connectivity index (χ3v) is 4.51. The van der Waals surface area contributed by atoms with Crippen molar-refractivity contribution in [3.63, 3.8) is 0 Å². The van der Waals surface area contributed by atoms with Crippen LogP contribution in [0.4, 0.5) is 18.9 Å². The van der Waals surface area contributed by atoms with Crippen molar-refractivity contribution in [2.45, 2.75) is 18.3 Å². The molecule has 116 valence electrons. The van der Waals surface area contributed by atoms with Crippen molar-refractivity contribution in [1.29, 1.82) is 0 Å². The van der Waals surface area contributed by atoms with E-state index in [0.29, 0.717) is 18.3 Å². The number of carbonyl (C=O) groups excluding carboxylic acids is 1. The maximum Gasteiger partial charge on any atom is 0.418 e. The summed E-state index contributed by atoms with van der Waals surface area (Å²) in [5, 5.41) is 2.81. The number of hydrogen-bond donors (Lipinski definition) is 1. The summed E-state index contributed by atoms with van der Waals surface area (Å²) in [6, 6.07) is 3.68. The number of carbonyl (C=O) groups is 1. The van der Waals surface area contributed by atoms with Gasteiger partial charge in [-0.25, -0.2) is 0 Å². The van der Waals surface area contributed by atoms with Crippen LogP contribution in [-0.4, -0.2) is 41.9 Å². The van der Waals surface area contributed by atoms with E-state index in [4.69, 9.17) is 0 Å². The number of benzene rings is 1. The zero-order valence-corrected chi connectivity index (χ0v) is 12.6. The van der Waals surface area contributed by atoms with E-state index in [2.05, 4.69) is 5.32 Å². The Labute approximate surface area is 125 Å². The first-order valence-corrected chi connectivity index (χ1v) is 7.67. The molecule has 0 bridgehead atoms. The second-order valence-corrected chi connectivity index (χ2v) is 6.49. The lowest BCUT2D eigenvalue weighted by molar-refractivity contribution is -0.136. The van der Waals surface area contributed by atoms with Crippen LogP contribution in [0, 0.1) is 0 Å². The topological polar surface area (TPSA) is 32.3 Å². The van der Waals surface area contributed by atoms with Gasteiger partial charge in [0.2, 0.25) is 0 Å². The highest BCUT2D eigenvalue weighted by Crippen LogP contribution is 2.35. The lowest BCUT2D eigenvalue weighted by Gasteiger charge is -2.30. The molecule has 0 aliphatic carbocycles. The highest BCUT2D eigenvalue weighted by Gasteiger charge is 2.34. The fourth-order valence-corrected chi connectivity index (χ4v) is 3.33. The van der Waals surface area contributed by atoms with E-state index in [-0.39, 0.29) is 17.2 Å². The monoisotopic (exact) mass is 318 g/mol. The largest absolute Gasteiger partial charge is 0.418 e. The normalized spacial score (nSPS) is 19.5. The number of nitrogens with one attached hydrogen (secondary N) is 1. The molecule has 0 radical (unpaired) electrons. The van der Waals surface area contributed by atoms with Crippen LogP contribution in [0.15, 0.2) is 18.2 Å². The molecule has 1 fully saturated rings. The van der Waals surface area contributed by atoms with Gasteiger partial charge in [0.25, 0.3) is 5.91 Å². The van der Waals surface area contributed by atoms with Gasteiger partial charge in [-0.2, -0.15) is 24.9 Å². The molecule has 1 heterocycles. The number of rotatable bonds is 2. The van der Waals surface area contributed by atoms with Crippen molar-refractivity contribution >= 4 is 23.4 Å². The summed E-state index contributed by atoms with van der Waals surface area (Å²) in [4.78, 5) is 14.0. The Hall–Kier alpha value is -1.37. The zero-order chi connectivity index (χ0) is 15.6. The van der Waals surface area contributed by atoms with Gasteiger partial charge in [-0.3, -0.25) is 4.79 Å². The number of amides is 1. The van der Waals surface area contributed by atoms with E-state index in [9.17, 15) is 18.0 Å². The summed E-state index contributed by atoms with van der Waals surface area (Å²) in [5.41, 5.74) is -0.752. The minimum absolute atomic E-state index is 0.0263. The van der Waals surface area contributed by atoms with E-state index < -0.39 is 11.7 Å². The Morgan fingerprint density at radius 2 is 2.14 bits per heavy atom. The van der Waals surface area contributed by atoms with Crippen molar-refractivity contribution in [2.75, 3.05) is 31.2 Å². The van der Waals surface area contributed by atoms with Crippen molar-refractivity contribution in [1.82, 2.24) is 4.90 Å². The second kappa shape index (κ2) is 6.17. The quantitative estimate of drug-likeness (QED) is 0.908. The standard InChI is InChI=1S/C14H17F3N2OS/c1-9-8-19(5-6-21-9)13(20)10-3-4-12(18-2)11(7-10)14(15,16)17/h3-4,7,9,18H,5-6,8H2,1-2H3. The number of alkyl halides is 3. The first-order valence-electron chi connectivity index (χ1n) is 6.63. The summed E-state index contributed by atoms with van der Waals surface area (Å²) < 4.78 is 39.0. The molecule has 0 saturated carbocycles. The highest BCUT2D eigenvalue weighted by atomic mass is 32.2. The molecular formula is C14H17F3N2OS. The Kier molecular flexibility index (Phi) is 4.70. The predicted octanol–water partition coefficient (Wildman–Crippen LogP) is 3.32. The highest BCUT2D eigenvalue weighted by molar-refractivity contribution is 7.99. The maximum absolute atomic E-state index is 13.0. The third-order valence-electron chi connectivity index (χ3n) is 3.37. The van der Waals surface area contributed by atoms with Gasteiger partial charge >= 0.3 is 6.18 Å². The van der Waals surface area contributed by atoms with E-state index in [0.717, 1.165) is 11.8 Å². The van der Waals surface area contributed by atoms with Crippen LogP contribution in [0.2, 0.25) is 0 Å².